The van der Waals surface area contributed by atoms with Crippen LogP contribution in [0.15, 0.2) is 29.2 Å². The maximum atomic E-state index is 12.6. The van der Waals surface area contributed by atoms with Gasteiger partial charge >= 0.3 is 0 Å². The molecule has 0 amide bonds. The molecule has 0 saturated carbocycles. The van der Waals surface area contributed by atoms with Crippen LogP contribution in [0, 0.1) is 11.8 Å². The van der Waals surface area contributed by atoms with E-state index in [1.54, 1.807) is 28.6 Å². The lowest BCUT2D eigenvalue weighted by molar-refractivity contribution is 0.412. The first kappa shape index (κ1) is 12.9. The fraction of sp³-hybridized carbons (Fsp3) is 0.538. The van der Waals surface area contributed by atoms with Gasteiger partial charge in [0.1, 0.15) is 5.75 Å². The molecule has 5 nitrogen and oxygen atoms in total. The van der Waals surface area contributed by atoms with E-state index in [9.17, 15) is 8.42 Å². The lowest BCUT2D eigenvalue weighted by Gasteiger charge is -2.17. The molecular formula is C13H18N2O3S. The average molecular weight is 282 g/mol. The molecule has 6 heteroatoms. The summed E-state index contributed by atoms with van der Waals surface area (Å²) in [5.74, 6) is 1.49. The molecule has 2 saturated heterocycles. The summed E-state index contributed by atoms with van der Waals surface area (Å²) < 4.78 is 31.9. The predicted octanol–water partition coefficient (Wildman–Crippen LogP) is 0.535. The van der Waals surface area contributed by atoms with Gasteiger partial charge in [0.25, 0.3) is 0 Å². The molecule has 0 aromatic heterocycles. The summed E-state index contributed by atoms with van der Waals surface area (Å²) in [6, 6.07) is 6.68. The van der Waals surface area contributed by atoms with Crippen LogP contribution in [0.1, 0.15) is 0 Å². The van der Waals surface area contributed by atoms with Gasteiger partial charge in [-0.15, -0.1) is 0 Å². The van der Waals surface area contributed by atoms with Crippen LogP contribution in [0.2, 0.25) is 0 Å². The van der Waals surface area contributed by atoms with Gasteiger partial charge in [0.05, 0.1) is 12.0 Å². The average Bonchev–Trinajstić information content (AvgIpc) is 2.99. The highest BCUT2D eigenvalue weighted by atomic mass is 32.2. The number of benzene rings is 1. The highest BCUT2D eigenvalue weighted by Crippen LogP contribution is 2.31. The van der Waals surface area contributed by atoms with Crippen LogP contribution in [0.5, 0.6) is 5.75 Å². The van der Waals surface area contributed by atoms with Gasteiger partial charge in [-0.2, -0.15) is 4.31 Å². The number of rotatable bonds is 3. The van der Waals surface area contributed by atoms with Crippen LogP contribution in [0.4, 0.5) is 0 Å². The highest BCUT2D eigenvalue weighted by Gasteiger charge is 2.41. The molecule has 0 aliphatic carbocycles. The first-order chi connectivity index (χ1) is 9.11. The molecule has 104 valence electrons. The molecule has 19 heavy (non-hydrogen) atoms. The Balaban J connectivity index is 1.86. The van der Waals surface area contributed by atoms with Crippen molar-refractivity contribution < 1.29 is 13.2 Å². The van der Waals surface area contributed by atoms with E-state index in [1.807, 2.05) is 0 Å². The van der Waals surface area contributed by atoms with E-state index in [0.29, 0.717) is 35.6 Å². The third-order valence-corrected chi connectivity index (χ3v) is 5.86. The quantitative estimate of drug-likeness (QED) is 0.879. The summed E-state index contributed by atoms with van der Waals surface area (Å²) >= 11 is 0. The van der Waals surface area contributed by atoms with Crippen molar-refractivity contribution in [3.05, 3.63) is 24.3 Å². The second kappa shape index (κ2) is 4.77. The molecule has 1 aromatic rings. The smallest absolute Gasteiger partial charge is 0.243 e. The molecule has 0 radical (unpaired) electrons. The fourth-order valence-corrected chi connectivity index (χ4v) is 4.51. The molecule has 0 spiro atoms. The molecule has 2 heterocycles. The van der Waals surface area contributed by atoms with Crippen LogP contribution in [-0.4, -0.2) is 46.0 Å². The normalized spacial score (nSPS) is 27.4. The van der Waals surface area contributed by atoms with Crippen molar-refractivity contribution >= 4 is 10.0 Å². The van der Waals surface area contributed by atoms with E-state index in [4.69, 9.17) is 4.74 Å². The number of fused-ring (bicyclic) bond motifs is 1. The Kier molecular flexibility index (Phi) is 3.24. The first-order valence-electron chi connectivity index (χ1n) is 6.46. The number of hydrogen-bond donors (Lipinski definition) is 1. The molecule has 2 unspecified atom stereocenters. The van der Waals surface area contributed by atoms with Crippen molar-refractivity contribution in [2.75, 3.05) is 33.3 Å². The van der Waals surface area contributed by atoms with Crippen molar-refractivity contribution in [1.82, 2.24) is 9.62 Å². The number of sulfonamides is 1. The van der Waals surface area contributed by atoms with Crippen molar-refractivity contribution in [3.63, 3.8) is 0 Å². The lowest BCUT2D eigenvalue weighted by Crippen LogP contribution is -2.31. The third kappa shape index (κ3) is 2.24. The molecular weight excluding hydrogens is 264 g/mol. The maximum Gasteiger partial charge on any atom is 0.243 e. The van der Waals surface area contributed by atoms with E-state index >= 15 is 0 Å². The Morgan fingerprint density at radius 3 is 2.58 bits per heavy atom. The van der Waals surface area contributed by atoms with E-state index < -0.39 is 10.0 Å². The van der Waals surface area contributed by atoms with Crippen molar-refractivity contribution in [1.29, 1.82) is 0 Å². The van der Waals surface area contributed by atoms with Crippen molar-refractivity contribution in [2.24, 2.45) is 11.8 Å². The van der Waals surface area contributed by atoms with Crippen LogP contribution < -0.4 is 10.1 Å². The number of nitrogens with zero attached hydrogens (tertiary/aromatic N) is 1. The van der Waals surface area contributed by atoms with E-state index in [1.165, 1.54) is 7.11 Å². The summed E-state index contributed by atoms with van der Waals surface area (Å²) in [6.45, 7) is 3.10. The molecule has 2 aliphatic rings. The number of nitrogens with one attached hydrogen (secondary N) is 1. The summed E-state index contributed by atoms with van der Waals surface area (Å²) in [5, 5.41) is 3.31. The largest absolute Gasteiger partial charge is 0.497 e. The van der Waals surface area contributed by atoms with Gasteiger partial charge in [-0.3, -0.25) is 0 Å². The van der Waals surface area contributed by atoms with Gasteiger partial charge in [-0.1, -0.05) is 6.07 Å². The Bertz CT molecular complexity index is 561. The van der Waals surface area contributed by atoms with Crippen LogP contribution in [-0.2, 0) is 10.0 Å². The zero-order valence-corrected chi connectivity index (χ0v) is 11.7. The number of hydrogen-bond acceptors (Lipinski definition) is 4. The van der Waals surface area contributed by atoms with Crippen LogP contribution in [0.25, 0.3) is 0 Å². The van der Waals surface area contributed by atoms with Gasteiger partial charge in [0.15, 0.2) is 0 Å². The zero-order chi connectivity index (χ0) is 13.5. The molecule has 1 aromatic carbocycles. The molecule has 2 aliphatic heterocycles. The van der Waals surface area contributed by atoms with Gasteiger partial charge < -0.3 is 10.1 Å². The topological polar surface area (TPSA) is 58.6 Å². The van der Waals surface area contributed by atoms with Gasteiger partial charge in [-0.25, -0.2) is 8.42 Å². The molecule has 2 atom stereocenters. The molecule has 1 N–H and O–H groups in total. The first-order valence-corrected chi connectivity index (χ1v) is 7.90. The Morgan fingerprint density at radius 2 is 1.95 bits per heavy atom. The Labute approximate surface area is 113 Å². The lowest BCUT2D eigenvalue weighted by atomic mass is 10.0. The minimum atomic E-state index is -3.39. The van der Waals surface area contributed by atoms with Gasteiger partial charge in [0.2, 0.25) is 10.0 Å². The summed E-state index contributed by atoms with van der Waals surface area (Å²) in [7, 11) is -1.85. The van der Waals surface area contributed by atoms with Gasteiger partial charge in [0, 0.05) is 19.2 Å². The summed E-state index contributed by atoms with van der Waals surface area (Å²) in [5.41, 5.74) is 0. The Hall–Kier alpha value is -1.11. The molecule has 0 bridgehead atoms. The van der Waals surface area contributed by atoms with E-state index in [0.717, 1.165) is 13.1 Å². The van der Waals surface area contributed by atoms with Crippen molar-refractivity contribution in [3.8, 4) is 5.75 Å². The minimum absolute atomic E-state index is 0.319. The standard InChI is InChI=1S/C13H18N2O3S/c1-18-12-3-2-4-13(5-12)19(16,17)15-8-10-6-14-7-11(10)9-15/h2-5,10-11,14H,6-9H2,1H3. The third-order valence-electron chi connectivity index (χ3n) is 4.03. The minimum Gasteiger partial charge on any atom is -0.497 e. The number of methoxy groups -OCH3 is 1. The van der Waals surface area contributed by atoms with Gasteiger partial charge in [-0.05, 0) is 37.1 Å². The maximum absolute atomic E-state index is 12.6. The fourth-order valence-electron chi connectivity index (χ4n) is 2.92. The van der Waals surface area contributed by atoms with E-state index in [2.05, 4.69) is 5.32 Å². The number of ether oxygens (including phenoxy) is 1. The highest BCUT2D eigenvalue weighted by molar-refractivity contribution is 7.89. The molecule has 2 fully saturated rings. The van der Waals surface area contributed by atoms with Crippen LogP contribution in [0.3, 0.4) is 0 Å². The monoisotopic (exact) mass is 282 g/mol. The van der Waals surface area contributed by atoms with Crippen molar-refractivity contribution in [2.45, 2.75) is 4.90 Å². The summed E-state index contributed by atoms with van der Waals surface area (Å²) in [4.78, 5) is 0.319. The van der Waals surface area contributed by atoms with Crippen LogP contribution >= 0.6 is 0 Å². The molecule has 3 rings (SSSR count). The SMILES string of the molecule is COc1cccc(S(=O)(=O)N2CC3CNCC3C2)c1. The predicted molar refractivity (Wildman–Crippen MR) is 71.6 cm³/mol. The summed E-state index contributed by atoms with van der Waals surface area (Å²) in [6.07, 6.45) is 0. The zero-order valence-electron chi connectivity index (χ0n) is 10.9. The Morgan fingerprint density at radius 1 is 1.26 bits per heavy atom. The second-order valence-electron chi connectivity index (χ2n) is 5.18. The second-order valence-corrected chi connectivity index (χ2v) is 7.12. The van der Waals surface area contributed by atoms with E-state index in [-0.39, 0.29) is 0 Å².